The molecular formula is C33H46N4O6S. The van der Waals surface area contributed by atoms with Crippen LogP contribution in [-0.4, -0.2) is 62.0 Å². The van der Waals surface area contributed by atoms with Crippen LogP contribution in [0.3, 0.4) is 0 Å². The van der Waals surface area contributed by atoms with Gasteiger partial charge >= 0.3 is 11.9 Å². The fourth-order valence-corrected chi connectivity index (χ4v) is 7.38. The Bertz CT molecular complexity index is 1410. The van der Waals surface area contributed by atoms with Crippen molar-refractivity contribution in [1.29, 1.82) is 0 Å². The summed E-state index contributed by atoms with van der Waals surface area (Å²) in [6.07, 6.45) is 6.34. The number of carbonyl (C=O) groups excluding carboxylic acids is 1. The van der Waals surface area contributed by atoms with E-state index < -0.39 is 11.9 Å². The third-order valence-corrected chi connectivity index (χ3v) is 10.1. The van der Waals surface area contributed by atoms with Crippen molar-refractivity contribution < 1.29 is 29.7 Å². The number of amides is 1. The molecule has 3 aliphatic rings. The molecular weight excluding hydrogens is 580 g/mol. The van der Waals surface area contributed by atoms with Crippen LogP contribution in [0.25, 0.3) is 6.08 Å². The number of carboxylic acids is 2. The number of aliphatic hydroxyl groups is 1. The Morgan fingerprint density at radius 1 is 1.00 bits per heavy atom. The fourth-order valence-electron chi connectivity index (χ4n) is 7.08. The van der Waals surface area contributed by atoms with E-state index in [0.717, 1.165) is 51.4 Å². The van der Waals surface area contributed by atoms with Gasteiger partial charge in [-0.15, -0.1) is 0 Å². The van der Waals surface area contributed by atoms with Gasteiger partial charge in [0.1, 0.15) is 0 Å². The highest BCUT2D eigenvalue weighted by molar-refractivity contribution is 7.80. The third-order valence-electron chi connectivity index (χ3n) is 9.82. The summed E-state index contributed by atoms with van der Waals surface area (Å²) in [6, 6.07) is -0.171. The lowest BCUT2D eigenvalue weighted by Gasteiger charge is -2.23. The summed E-state index contributed by atoms with van der Waals surface area (Å²) in [5.41, 5.74) is 7.16. The van der Waals surface area contributed by atoms with Crippen molar-refractivity contribution in [2.24, 2.45) is 17.8 Å². The molecule has 1 aromatic heterocycles. The molecule has 3 unspecified atom stereocenters. The van der Waals surface area contributed by atoms with E-state index in [-0.39, 0.29) is 60.5 Å². The number of H-pyrrole nitrogens is 1. The van der Waals surface area contributed by atoms with E-state index in [1.165, 1.54) is 0 Å². The van der Waals surface area contributed by atoms with Crippen LogP contribution in [0.1, 0.15) is 75.4 Å². The van der Waals surface area contributed by atoms with E-state index in [9.17, 15) is 29.7 Å². The molecule has 10 nitrogen and oxygen atoms in total. The van der Waals surface area contributed by atoms with Gasteiger partial charge in [0, 0.05) is 71.9 Å². The molecule has 240 valence electrons. The van der Waals surface area contributed by atoms with Crippen LogP contribution >= 0.6 is 12.6 Å². The van der Waals surface area contributed by atoms with E-state index in [1.807, 2.05) is 33.8 Å². The number of aliphatic carboxylic acids is 2. The van der Waals surface area contributed by atoms with Crippen LogP contribution in [0.2, 0.25) is 0 Å². The Hall–Kier alpha value is -3.60. The number of nitrogens with one attached hydrogen (secondary N) is 4. The van der Waals surface area contributed by atoms with Gasteiger partial charge in [-0.3, -0.25) is 14.4 Å². The normalized spacial score (nSPS) is 27.6. The highest BCUT2D eigenvalue weighted by Crippen LogP contribution is 2.36. The van der Waals surface area contributed by atoms with Crippen molar-refractivity contribution in [2.75, 3.05) is 5.75 Å². The highest BCUT2D eigenvalue weighted by Gasteiger charge is 2.39. The lowest BCUT2D eigenvalue weighted by Crippen LogP contribution is -2.36. The molecule has 1 fully saturated rings. The molecule has 6 atom stereocenters. The molecule has 0 aromatic carbocycles. The van der Waals surface area contributed by atoms with Crippen LogP contribution in [0.5, 0.6) is 0 Å². The number of aliphatic hydroxyl groups excluding tert-OH is 1. The predicted molar refractivity (Wildman–Crippen MR) is 173 cm³/mol. The summed E-state index contributed by atoms with van der Waals surface area (Å²) in [7, 11) is 0. The molecule has 3 aliphatic heterocycles. The molecule has 7 N–H and O–H groups in total. The maximum absolute atomic E-state index is 12.5. The smallest absolute Gasteiger partial charge is 0.303 e. The van der Waals surface area contributed by atoms with Crippen molar-refractivity contribution >= 4 is 36.6 Å². The Balaban J connectivity index is 1.67. The lowest BCUT2D eigenvalue weighted by molar-refractivity contribution is -0.138. The zero-order chi connectivity index (χ0) is 32.3. The molecule has 11 heteroatoms. The second-order valence-corrected chi connectivity index (χ2v) is 12.8. The number of carbonyl (C=O) groups is 3. The van der Waals surface area contributed by atoms with Gasteiger partial charge in [0.15, 0.2) is 5.88 Å². The van der Waals surface area contributed by atoms with Crippen molar-refractivity contribution in [3.8, 4) is 0 Å². The number of hydrogen-bond donors (Lipinski definition) is 8. The van der Waals surface area contributed by atoms with E-state index in [1.54, 1.807) is 6.08 Å². The molecule has 0 radical (unpaired) electrons. The Labute approximate surface area is 264 Å². The van der Waals surface area contributed by atoms with Gasteiger partial charge < -0.3 is 36.3 Å². The van der Waals surface area contributed by atoms with Crippen LogP contribution in [-0.2, 0) is 27.2 Å². The van der Waals surface area contributed by atoms with Crippen molar-refractivity contribution in [3.05, 3.63) is 63.5 Å². The highest BCUT2D eigenvalue weighted by atomic mass is 32.1. The SMILES string of the molecule is C=CC1=C(O)N[C@H](CC2N/C(=C\c3[nH]c(CC4NC(=O)[C@H](C)[C@H]4CCS)c(C)c3CCC(=O)O)C(CCC(=O)O)=C2C)C1C. The number of rotatable bonds is 14. The van der Waals surface area contributed by atoms with Crippen molar-refractivity contribution in [1.82, 2.24) is 20.9 Å². The first-order chi connectivity index (χ1) is 20.9. The number of allylic oxidation sites excluding steroid dienone is 2. The summed E-state index contributed by atoms with van der Waals surface area (Å²) in [5, 5.41) is 39.3. The molecule has 0 saturated carbocycles. The summed E-state index contributed by atoms with van der Waals surface area (Å²) in [6.45, 7) is 11.8. The quantitative estimate of drug-likeness (QED) is 0.141. The molecule has 4 heterocycles. The van der Waals surface area contributed by atoms with Gasteiger partial charge in [0.05, 0.1) is 0 Å². The molecule has 0 bridgehead atoms. The first kappa shape index (κ1) is 33.3. The van der Waals surface area contributed by atoms with E-state index >= 15 is 0 Å². The molecule has 44 heavy (non-hydrogen) atoms. The summed E-state index contributed by atoms with van der Waals surface area (Å²) < 4.78 is 0. The summed E-state index contributed by atoms with van der Waals surface area (Å²) in [5.74, 6) is -0.798. The Kier molecular flexibility index (Phi) is 10.6. The van der Waals surface area contributed by atoms with Crippen LogP contribution < -0.4 is 16.0 Å². The molecule has 1 amide bonds. The minimum Gasteiger partial charge on any atom is -0.495 e. The standard InChI is InChI=1S/C33H46N4O6S/c1-6-20-16(2)26(36-33(20)43)13-24-17(3)21(7-9-30(38)39)27(34-24)15-28-22(8-10-31(40)41)18(4)25(35-28)14-29-23(11-12-44)19(5)32(42)37-29/h6,15-16,19,23-24,26,29,34-36,43-44H,1,7-14H2,2-5H3,(H,37,42)(H,38,39)(H,40,41)/b27-15-/t16?,19-,23-,24?,26-,29?/m1/s1. The topological polar surface area (TPSA) is 164 Å². The zero-order valence-corrected chi connectivity index (χ0v) is 26.9. The van der Waals surface area contributed by atoms with Crippen LogP contribution in [0, 0.1) is 24.7 Å². The predicted octanol–water partition coefficient (Wildman–Crippen LogP) is 4.40. The summed E-state index contributed by atoms with van der Waals surface area (Å²) in [4.78, 5) is 39.2. The van der Waals surface area contributed by atoms with Crippen molar-refractivity contribution in [3.63, 3.8) is 0 Å². The average Bonchev–Trinajstić information content (AvgIpc) is 3.60. The molecule has 1 saturated heterocycles. The maximum Gasteiger partial charge on any atom is 0.303 e. The van der Waals surface area contributed by atoms with Crippen LogP contribution in [0.15, 0.2) is 41.0 Å². The number of hydrogen-bond acceptors (Lipinski definition) is 7. The largest absolute Gasteiger partial charge is 0.495 e. The first-order valence-electron chi connectivity index (χ1n) is 15.4. The minimum absolute atomic E-state index is 0.0214. The van der Waals surface area contributed by atoms with Crippen molar-refractivity contribution in [2.45, 2.75) is 90.8 Å². The monoisotopic (exact) mass is 626 g/mol. The third kappa shape index (κ3) is 7.03. The van der Waals surface area contributed by atoms with Gasteiger partial charge in [-0.1, -0.05) is 26.5 Å². The average molecular weight is 627 g/mol. The fraction of sp³-hybridized carbons (Fsp3) is 0.545. The molecule has 0 aliphatic carbocycles. The Morgan fingerprint density at radius 3 is 2.30 bits per heavy atom. The molecule has 4 rings (SSSR count). The van der Waals surface area contributed by atoms with Gasteiger partial charge in [-0.25, -0.2) is 0 Å². The lowest BCUT2D eigenvalue weighted by atomic mass is 9.86. The van der Waals surface area contributed by atoms with Gasteiger partial charge in [0.25, 0.3) is 0 Å². The molecule has 0 spiro atoms. The number of aromatic amines is 1. The van der Waals surface area contributed by atoms with Crippen LogP contribution in [0.4, 0.5) is 0 Å². The zero-order valence-electron chi connectivity index (χ0n) is 26.0. The van der Waals surface area contributed by atoms with Gasteiger partial charge in [-0.2, -0.15) is 12.6 Å². The first-order valence-corrected chi connectivity index (χ1v) is 16.0. The maximum atomic E-state index is 12.5. The second kappa shape index (κ2) is 14.0. The minimum atomic E-state index is -0.887. The van der Waals surface area contributed by atoms with E-state index in [0.29, 0.717) is 31.4 Å². The number of thiol groups is 1. The molecule has 1 aromatic rings. The van der Waals surface area contributed by atoms with E-state index in [4.69, 9.17) is 0 Å². The number of aromatic nitrogens is 1. The Morgan fingerprint density at radius 2 is 1.68 bits per heavy atom. The summed E-state index contributed by atoms with van der Waals surface area (Å²) >= 11 is 4.41. The van der Waals surface area contributed by atoms with Gasteiger partial charge in [0.2, 0.25) is 5.91 Å². The van der Waals surface area contributed by atoms with Gasteiger partial charge in [-0.05, 0) is 79.6 Å². The second-order valence-electron chi connectivity index (χ2n) is 12.4. The van der Waals surface area contributed by atoms with E-state index in [2.05, 4.69) is 40.1 Å². The number of carboxylic acid groups (broad SMARTS) is 2.